The number of rotatable bonds is 6. The molecule has 2 aromatic rings. The number of hydrogen-bond acceptors (Lipinski definition) is 7. The van der Waals surface area contributed by atoms with E-state index in [1.807, 2.05) is 12.1 Å². The summed E-state index contributed by atoms with van der Waals surface area (Å²) in [5.41, 5.74) is 4.54. The largest absolute Gasteiger partial charge is 0.478 e. The first-order chi connectivity index (χ1) is 14.8. The molecule has 0 fully saturated rings. The average molecular weight is 429 g/mol. The molecule has 9 nitrogen and oxygen atoms in total. The molecule has 164 valence electrons. The third-order valence-electron chi connectivity index (χ3n) is 2.74. The number of hydrogen-bond donors (Lipinski definition) is 2. The molecule has 0 bridgehead atoms. The van der Waals surface area contributed by atoms with Gasteiger partial charge in [-0.2, -0.15) is 0 Å². The van der Waals surface area contributed by atoms with Gasteiger partial charge in [0.1, 0.15) is 11.5 Å². The van der Waals surface area contributed by atoms with Gasteiger partial charge in [0, 0.05) is 18.2 Å². The van der Waals surface area contributed by atoms with Crippen LogP contribution in [-0.2, 0) is 19.1 Å². The maximum Gasteiger partial charge on any atom is 0.404 e. The second-order valence-corrected chi connectivity index (χ2v) is 5.10. The van der Waals surface area contributed by atoms with E-state index in [0.717, 1.165) is 18.2 Å². The first-order valence-corrected chi connectivity index (χ1v) is 8.77. The Morgan fingerprint density at radius 3 is 1.45 bits per heavy atom. The fourth-order valence-electron chi connectivity index (χ4n) is 1.56. The standard InChI is InChI=1S/C16H12O4.C3H7NO2.C3H4O2/c17-15(19-13-7-3-1-4-8-13)11-12-16(18)20-14-9-5-2-6-10-14;1-2-6-3(4)5;1-2-3(4)5/h1-12H;2H2,1H3,(H2,4,5);2H,1H2,(H,4,5). The highest BCUT2D eigenvalue weighted by molar-refractivity contribution is 5.93. The van der Waals surface area contributed by atoms with Gasteiger partial charge in [0.25, 0.3) is 0 Å². The lowest BCUT2D eigenvalue weighted by Gasteiger charge is -2.01. The SMILES string of the molecule is C=CC(=O)O.CCOC(N)=O.O=C(C=CC(=O)Oc1ccccc1)Oc1ccccc1. The van der Waals surface area contributed by atoms with Crippen LogP contribution < -0.4 is 15.2 Å². The number of ether oxygens (including phenoxy) is 3. The number of primary amides is 1. The smallest absolute Gasteiger partial charge is 0.404 e. The molecule has 0 saturated heterocycles. The molecule has 0 heterocycles. The number of para-hydroxylation sites is 2. The second kappa shape index (κ2) is 16.5. The summed E-state index contributed by atoms with van der Waals surface area (Å²) in [6, 6.07) is 17.2. The predicted octanol–water partition coefficient (Wildman–Crippen LogP) is 3.11. The molecule has 0 atom stereocenters. The molecule has 31 heavy (non-hydrogen) atoms. The van der Waals surface area contributed by atoms with Gasteiger partial charge in [-0.1, -0.05) is 43.0 Å². The van der Waals surface area contributed by atoms with Crippen LogP contribution in [0.2, 0.25) is 0 Å². The number of carbonyl (C=O) groups is 4. The van der Waals surface area contributed by atoms with E-state index in [1.54, 1.807) is 55.5 Å². The van der Waals surface area contributed by atoms with Gasteiger partial charge in [-0.3, -0.25) is 0 Å². The maximum atomic E-state index is 11.5. The van der Waals surface area contributed by atoms with Gasteiger partial charge in [-0.15, -0.1) is 0 Å². The van der Waals surface area contributed by atoms with E-state index in [9.17, 15) is 19.2 Å². The molecule has 0 saturated carbocycles. The fourth-order valence-corrected chi connectivity index (χ4v) is 1.56. The molecule has 3 N–H and O–H groups in total. The number of nitrogens with two attached hydrogens (primary N) is 1. The zero-order valence-corrected chi connectivity index (χ0v) is 16.8. The fraction of sp³-hybridized carbons (Fsp3) is 0.0909. The first kappa shape index (κ1) is 26.6. The highest BCUT2D eigenvalue weighted by atomic mass is 16.5. The van der Waals surface area contributed by atoms with Crippen LogP contribution in [0.15, 0.2) is 85.5 Å². The second-order valence-electron chi connectivity index (χ2n) is 5.10. The number of benzene rings is 2. The minimum atomic E-state index is -0.981. The highest BCUT2D eigenvalue weighted by Gasteiger charge is 2.03. The van der Waals surface area contributed by atoms with Crippen LogP contribution in [0, 0.1) is 0 Å². The minimum Gasteiger partial charge on any atom is -0.478 e. The number of carbonyl (C=O) groups excluding carboxylic acids is 3. The number of aliphatic carboxylic acids is 1. The average Bonchev–Trinajstić information content (AvgIpc) is 2.74. The van der Waals surface area contributed by atoms with Gasteiger partial charge < -0.3 is 25.1 Å². The van der Waals surface area contributed by atoms with Crippen molar-refractivity contribution in [2.45, 2.75) is 6.92 Å². The van der Waals surface area contributed by atoms with E-state index in [-0.39, 0.29) is 0 Å². The normalized spacial score (nSPS) is 9.06. The quantitative estimate of drug-likeness (QED) is 0.405. The number of carboxylic acid groups (broad SMARTS) is 1. The van der Waals surface area contributed by atoms with Crippen molar-refractivity contribution in [2.24, 2.45) is 5.73 Å². The monoisotopic (exact) mass is 429 g/mol. The van der Waals surface area contributed by atoms with E-state index in [4.69, 9.17) is 14.6 Å². The molecule has 0 spiro atoms. The summed E-state index contributed by atoms with van der Waals surface area (Å²) < 4.78 is 14.1. The molecule has 0 unspecified atom stereocenters. The molecule has 0 aliphatic rings. The molecule has 0 aliphatic carbocycles. The zero-order valence-electron chi connectivity index (χ0n) is 16.8. The summed E-state index contributed by atoms with van der Waals surface area (Å²) in [5, 5.41) is 7.60. The van der Waals surface area contributed by atoms with Crippen molar-refractivity contribution >= 4 is 24.0 Å². The lowest BCUT2D eigenvalue weighted by molar-refractivity contribution is -0.131. The van der Waals surface area contributed by atoms with Crippen molar-refractivity contribution in [3.05, 3.63) is 85.5 Å². The lowest BCUT2D eigenvalue weighted by Crippen LogP contribution is -2.11. The van der Waals surface area contributed by atoms with Crippen molar-refractivity contribution in [1.29, 1.82) is 0 Å². The van der Waals surface area contributed by atoms with Crippen LogP contribution in [0.25, 0.3) is 0 Å². The van der Waals surface area contributed by atoms with E-state index >= 15 is 0 Å². The topological polar surface area (TPSA) is 142 Å². The molecule has 1 amide bonds. The van der Waals surface area contributed by atoms with Gasteiger partial charge in [0.05, 0.1) is 6.61 Å². The van der Waals surface area contributed by atoms with Gasteiger partial charge in [-0.25, -0.2) is 19.2 Å². The molecule has 2 aromatic carbocycles. The van der Waals surface area contributed by atoms with E-state index in [1.165, 1.54) is 0 Å². The molecular formula is C22H23NO8. The molecule has 0 aromatic heterocycles. The molecular weight excluding hydrogens is 406 g/mol. The third kappa shape index (κ3) is 16.3. The van der Waals surface area contributed by atoms with E-state index in [2.05, 4.69) is 17.0 Å². The Kier molecular flexibility index (Phi) is 14.2. The molecule has 9 heteroatoms. The first-order valence-electron chi connectivity index (χ1n) is 8.77. The van der Waals surface area contributed by atoms with Crippen LogP contribution in [0.5, 0.6) is 11.5 Å². The van der Waals surface area contributed by atoms with Gasteiger partial charge in [0.15, 0.2) is 0 Å². The van der Waals surface area contributed by atoms with Gasteiger partial charge in [0.2, 0.25) is 0 Å². The van der Waals surface area contributed by atoms with Crippen LogP contribution in [0.3, 0.4) is 0 Å². The number of esters is 2. The summed E-state index contributed by atoms with van der Waals surface area (Å²) in [6.45, 7) is 5.02. The van der Waals surface area contributed by atoms with Crippen LogP contribution in [0.4, 0.5) is 4.79 Å². The summed E-state index contributed by atoms with van der Waals surface area (Å²) >= 11 is 0. The highest BCUT2D eigenvalue weighted by Crippen LogP contribution is 2.10. The summed E-state index contributed by atoms with van der Waals surface area (Å²) in [5.74, 6) is -1.43. The minimum absolute atomic E-state index is 0.356. The molecule has 2 rings (SSSR count). The van der Waals surface area contributed by atoms with Crippen molar-refractivity contribution in [2.75, 3.05) is 6.61 Å². The summed E-state index contributed by atoms with van der Waals surface area (Å²) in [4.78, 5) is 41.8. The Labute approximate surface area is 179 Å². The van der Waals surface area contributed by atoms with Crippen molar-refractivity contribution in [1.82, 2.24) is 0 Å². The van der Waals surface area contributed by atoms with Crippen molar-refractivity contribution in [3.63, 3.8) is 0 Å². The molecule has 0 aliphatic heterocycles. The van der Waals surface area contributed by atoms with Crippen LogP contribution in [0.1, 0.15) is 6.92 Å². The van der Waals surface area contributed by atoms with Crippen molar-refractivity contribution < 1.29 is 38.5 Å². The van der Waals surface area contributed by atoms with Crippen LogP contribution >= 0.6 is 0 Å². The Morgan fingerprint density at radius 1 is 0.871 bits per heavy atom. The summed E-state index contributed by atoms with van der Waals surface area (Å²) in [6.07, 6.45) is 2.17. The Morgan fingerprint density at radius 2 is 1.23 bits per heavy atom. The molecule has 0 radical (unpaired) electrons. The Hall–Kier alpha value is -4.40. The Bertz CT molecular complexity index is 808. The Balaban J connectivity index is 0.000000679. The van der Waals surface area contributed by atoms with Crippen LogP contribution in [-0.4, -0.2) is 35.7 Å². The van der Waals surface area contributed by atoms with E-state index < -0.39 is 24.0 Å². The van der Waals surface area contributed by atoms with E-state index in [0.29, 0.717) is 18.1 Å². The number of carboxylic acids is 1. The maximum absolute atomic E-state index is 11.5. The lowest BCUT2D eigenvalue weighted by atomic mass is 10.3. The predicted molar refractivity (Wildman–Crippen MR) is 112 cm³/mol. The van der Waals surface area contributed by atoms with Crippen molar-refractivity contribution in [3.8, 4) is 11.5 Å². The number of amides is 1. The summed E-state index contributed by atoms with van der Waals surface area (Å²) in [7, 11) is 0. The van der Waals surface area contributed by atoms with Gasteiger partial charge in [-0.05, 0) is 31.2 Å². The third-order valence-corrected chi connectivity index (χ3v) is 2.74. The van der Waals surface area contributed by atoms with Gasteiger partial charge >= 0.3 is 24.0 Å². The zero-order chi connectivity index (χ0) is 23.5.